The number of carbonyl (C=O) groups excluding carboxylic acids is 1. The molecule has 1 N–H and O–H groups in total. The molecule has 0 spiro atoms. The van der Waals surface area contributed by atoms with Gasteiger partial charge in [-0.05, 0) is 68.4 Å². The average Bonchev–Trinajstić information content (AvgIpc) is 3.87. The van der Waals surface area contributed by atoms with Crippen LogP contribution >= 0.6 is 11.6 Å². The zero-order valence-electron chi connectivity index (χ0n) is 23.6. The number of ether oxygens (including phenoxy) is 1. The molecule has 3 aliphatic carbocycles. The molecule has 1 aliphatic heterocycles. The molecule has 12 heteroatoms. The lowest BCUT2D eigenvalue weighted by atomic mass is 10.0. The Morgan fingerprint density at radius 3 is 2.60 bits per heavy atom. The van der Waals surface area contributed by atoms with Gasteiger partial charge in [0.15, 0.2) is 0 Å². The highest BCUT2D eigenvalue weighted by Gasteiger charge is 2.57. The summed E-state index contributed by atoms with van der Waals surface area (Å²) in [5.41, 5.74) is 2.12. The quantitative estimate of drug-likeness (QED) is 0.285. The third-order valence-electron chi connectivity index (χ3n) is 9.46. The smallest absolute Gasteiger partial charge is 0.244 e. The summed E-state index contributed by atoms with van der Waals surface area (Å²) in [6, 6.07) is 9.22. The normalized spacial score (nSPS) is 24.0. The van der Waals surface area contributed by atoms with Crippen LogP contribution in [0.4, 0.5) is 14.5 Å². The molecule has 3 saturated carbocycles. The van der Waals surface area contributed by atoms with Gasteiger partial charge in [-0.15, -0.1) is 0 Å². The number of amides is 1. The van der Waals surface area contributed by atoms with Crippen LogP contribution < -0.4 is 9.62 Å². The van der Waals surface area contributed by atoms with E-state index in [-0.39, 0.29) is 47.6 Å². The van der Waals surface area contributed by atoms with Crippen molar-refractivity contribution in [3.63, 3.8) is 0 Å². The predicted octanol–water partition coefficient (Wildman–Crippen LogP) is 6.18. The summed E-state index contributed by atoms with van der Waals surface area (Å²) >= 11 is 6.35. The zero-order chi connectivity index (χ0) is 30.1. The maximum atomic E-state index is 15.5. The Labute approximate surface area is 253 Å². The molecule has 228 valence electrons. The first-order valence-corrected chi connectivity index (χ1v) is 16.6. The Kier molecular flexibility index (Phi) is 7.05. The van der Waals surface area contributed by atoms with Gasteiger partial charge >= 0.3 is 0 Å². The number of nitrogens with zero attached hydrogens (tertiary/aromatic N) is 2. The molecule has 2 bridgehead atoms. The maximum absolute atomic E-state index is 15.5. The SMILES string of the molecule is CCC(=O)NS(=O)(=O)C1(c2ccc(N3C[C@@H]4C[C@H]3C[C@H]4OCc3c(-c4c(F)cccc4Cl)noc3C3CC3)c(F)c2)CC1. The first-order chi connectivity index (χ1) is 20.6. The van der Waals surface area contributed by atoms with E-state index >= 15 is 4.39 Å². The predicted molar refractivity (Wildman–Crippen MR) is 156 cm³/mol. The van der Waals surface area contributed by atoms with Crippen molar-refractivity contribution in [3.05, 3.63) is 69.9 Å². The largest absolute Gasteiger partial charge is 0.373 e. The number of aromatic nitrogens is 1. The number of piperidine rings is 1. The minimum absolute atomic E-state index is 0.0482. The highest BCUT2D eigenvalue weighted by atomic mass is 35.5. The molecule has 3 aromatic rings. The second-order valence-electron chi connectivity index (χ2n) is 12.2. The van der Waals surface area contributed by atoms with E-state index in [0.717, 1.165) is 30.6 Å². The number of hydrogen-bond donors (Lipinski definition) is 1. The molecule has 3 atom stereocenters. The molecule has 1 aromatic heterocycles. The van der Waals surface area contributed by atoms with Crippen LogP contribution in [-0.4, -0.2) is 38.2 Å². The average molecular weight is 632 g/mol. The number of fused-ring (bicyclic) bond motifs is 2. The van der Waals surface area contributed by atoms with Crippen LogP contribution in [0, 0.1) is 17.6 Å². The lowest BCUT2D eigenvalue weighted by molar-refractivity contribution is -0.119. The van der Waals surface area contributed by atoms with Crippen molar-refractivity contribution in [1.82, 2.24) is 9.88 Å². The van der Waals surface area contributed by atoms with Crippen molar-refractivity contribution >= 4 is 33.2 Å². The molecule has 2 heterocycles. The fourth-order valence-electron chi connectivity index (χ4n) is 6.81. The Hall–Kier alpha value is -3.02. The molecular weight excluding hydrogens is 600 g/mol. The first kappa shape index (κ1) is 28.7. The van der Waals surface area contributed by atoms with Crippen LogP contribution in [0.5, 0.6) is 0 Å². The standard InChI is InChI=1S/C31H32ClF2N3O5S/c1-2-27(38)36-43(39,40)31(10-11-31)19-8-9-25(24(34)13-19)37-15-18-12-20(37)14-26(18)41-16-21-29(35-42-30(21)17-6-7-17)28-22(32)4-3-5-23(28)33/h3-5,8-9,13,17-18,20,26H,2,6-7,10-12,14-16H2,1H3,(H,36,38)/t18-,20-,26+/m0/s1. The second-order valence-corrected chi connectivity index (χ2v) is 14.6. The van der Waals surface area contributed by atoms with Gasteiger partial charge in [-0.2, -0.15) is 0 Å². The summed E-state index contributed by atoms with van der Waals surface area (Å²) in [4.78, 5) is 13.8. The van der Waals surface area contributed by atoms with E-state index in [4.69, 9.17) is 20.9 Å². The van der Waals surface area contributed by atoms with E-state index < -0.39 is 32.3 Å². The molecule has 1 amide bonds. The van der Waals surface area contributed by atoms with Crippen molar-refractivity contribution in [2.24, 2.45) is 5.92 Å². The van der Waals surface area contributed by atoms with E-state index in [1.54, 1.807) is 31.2 Å². The lowest BCUT2D eigenvalue weighted by Gasteiger charge is -2.33. The summed E-state index contributed by atoms with van der Waals surface area (Å²) in [5, 5.41) is 4.46. The molecule has 7 rings (SSSR count). The van der Waals surface area contributed by atoms with E-state index in [1.807, 2.05) is 4.90 Å². The summed E-state index contributed by atoms with van der Waals surface area (Å²) in [6.07, 6.45) is 4.19. The first-order valence-electron chi connectivity index (χ1n) is 14.8. The monoisotopic (exact) mass is 631 g/mol. The van der Waals surface area contributed by atoms with Gasteiger partial charge in [0.25, 0.3) is 0 Å². The third-order valence-corrected chi connectivity index (χ3v) is 11.9. The second kappa shape index (κ2) is 10.6. The number of sulfonamides is 1. The molecule has 4 fully saturated rings. The minimum atomic E-state index is -3.97. The maximum Gasteiger partial charge on any atom is 0.244 e. The Balaban J connectivity index is 1.05. The Bertz CT molecular complexity index is 1680. The molecule has 8 nitrogen and oxygen atoms in total. The molecule has 0 unspecified atom stereocenters. The van der Waals surface area contributed by atoms with Crippen LogP contribution in [-0.2, 0) is 30.9 Å². The van der Waals surface area contributed by atoms with Crippen LogP contribution in [0.1, 0.15) is 74.7 Å². The highest BCUT2D eigenvalue weighted by Crippen LogP contribution is 2.53. The number of nitrogens with one attached hydrogen (secondary N) is 1. The molecule has 1 saturated heterocycles. The molecule has 4 aliphatic rings. The minimum Gasteiger partial charge on any atom is -0.373 e. The van der Waals surface area contributed by atoms with Gasteiger partial charge in [-0.3, -0.25) is 9.52 Å². The number of benzene rings is 2. The van der Waals surface area contributed by atoms with Crippen molar-refractivity contribution in [1.29, 1.82) is 0 Å². The zero-order valence-corrected chi connectivity index (χ0v) is 25.2. The van der Waals surface area contributed by atoms with E-state index in [9.17, 15) is 17.6 Å². The fraction of sp³-hybridized carbons (Fsp3) is 0.484. The summed E-state index contributed by atoms with van der Waals surface area (Å²) in [5.74, 6) is -0.369. The Morgan fingerprint density at radius 2 is 1.98 bits per heavy atom. The number of rotatable bonds is 10. The third kappa shape index (κ3) is 4.93. The fourth-order valence-corrected chi connectivity index (χ4v) is 8.78. The lowest BCUT2D eigenvalue weighted by Crippen LogP contribution is -2.39. The Morgan fingerprint density at radius 1 is 1.19 bits per heavy atom. The van der Waals surface area contributed by atoms with Gasteiger partial charge in [0, 0.05) is 36.4 Å². The molecule has 0 radical (unpaired) electrons. The molecular formula is C31H32ClF2N3O5S. The van der Waals surface area contributed by atoms with Gasteiger partial charge in [-0.1, -0.05) is 35.8 Å². The van der Waals surface area contributed by atoms with Crippen LogP contribution in [0.25, 0.3) is 11.3 Å². The summed E-state index contributed by atoms with van der Waals surface area (Å²) in [6.45, 7) is 2.40. The molecule has 43 heavy (non-hydrogen) atoms. The van der Waals surface area contributed by atoms with Crippen molar-refractivity contribution in [2.45, 2.75) is 81.3 Å². The summed E-state index contributed by atoms with van der Waals surface area (Å²) in [7, 11) is -3.97. The summed E-state index contributed by atoms with van der Waals surface area (Å²) < 4.78 is 69.0. The van der Waals surface area contributed by atoms with Gasteiger partial charge in [-0.25, -0.2) is 17.2 Å². The van der Waals surface area contributed by atoms with Gasteiger partial charge in [0.2, 0.25) is 15.9 Å². The van der Waals surface area contributed by atoms with Crippen LogP contribution in [0.3, 0.4) is 0 Å². The van der Waals surface area contributed by atoms with Gasteiger partial charge in [0.1, 0.15) is 27.8 Å². The van der Waals surface area contributed by atoms with Gasteiger partial charge in [0.05, 0.1) is 29.0 Å². The number of carbonyl (C=O) groups is 1. The van der Waals surface area contributed by atoms with E-state index in [2.05, 4.69) is 9.88 Å². The van der Waals surface area contributed by atoms with Crippen molar-refractivity contribution in [3.8, 4) is 11.3 Å². The van der Waals surface area contributed by atoms with Crippen LogP contribution in [0.15, 0.2) is 40.9 Å². The number of anilines is 1. The van der Waals surface area contributed by atoms with E-state index in [0.29, 0.717) is 42.8 Å². The molecule has 2 aromatic carbocycles. The van der Waals surface area contributed by atoms with Crippen molar-refractivity contribution in [2.75, 3.05) is 11.4 Å². The topological polar surface area (TPSA) is 102 Å². The highest BCUT2D eigenvalue weighted by molar-refractivity contribution is 7.91. The number of hydrogen-bond acceptors (Lipinski definition) is 7. The van der Waals surface area contributed by atoms with Crippen molar-refractivity contribution < 1.29 is 31.3 Å². The van der Waals surface area contributed by atoms with Gasteiger partial charge < -0.3 is 14.2 Å². The van der Waals surface area contributed by atoms with E-state index in [1.165, 1.54) is 12.1 Å². The number of halogens is 3. The van der Waals surface area contributed by atoms with Crippen LogP contribution in [0.2, 0.25) is 5.02 Å².